The predicted octanol–water partition coefficient (Wildman–Crippen LogP) is 3.06. The number of halogens is 3. The Morgan fingerprint density at radius 3 is 2.54 bits per heavy atom. The fourth-order valence-electron chi connectivity index (χ4n) is 1.99. The molecule has 1 aromatic carbocycles. The first-order valence-corrected chi connectivity index (χ1v) is 7.63. The number of hydrogen-bond donors (Lipinski definition) is 1. The monoisotopic (exact) mass is 358 g/mol. The second-order valence-electron chi connectivity index (χ2n) is 5.01. The first-order valence-electron chi connectivity index (χ1n) is 6.75. The minimum atomic E-state index is -4.52. The van der Waals surface area contributed by atoms with Crippen LogP contribution in [-0.4, -0.2) is 33.9 Å². The van der Waals surface area contributed by atoms with Crippen molar-refractivity contribution in [2.75, 3.05) is 7.05 Å². The summed E-state index contributed by atoms with van der Waals surface area (Å²) in [5.41, 5.74) is -0.621. The van der Waals surface area contributed by atoms with E-state index >= 15 is 0 Å². The number of carboxylic acid groups (broad SMARTS) is 1. The van der Waals surface area contributed by atoms with Gasteiger partial charge in [0.05, 0.1) is 18.5 Å². The van der Waals surface area contributed by atoms with E-state index in [0.29, 0.717) is 5.56 Å². The summed E-state index contributed by atoms with van der Waals surface area (Å²) in [6.45, 7) is -0.0746. The zero-order chi connectivity index (χ0) is 17.9. The quantitative estimate of drug-likeness (QED) is 0.892. The molecule has 0 aliphatic carbocycles. The number of aromatic nitrogens is 1. The standard InChI is InChI=1S/C15H13F3N2O3S/c1-20(7-12-19-11(8-24-12)15(16,17)18)13(21)6-9-4-2-3-5-10(9)14(22)23/h2-5,8H,6-7H2,1H3,(H,22,23). The zero-order valence-electron chi connectivity index (χ0n) is 12.5. The molecule has 5 nitrogen and oxygen atoms in total. The van der Waals surface area contributed by atoms with E-state index in [1.54, 1.807) is 12.1 Å². The number of rotatable bonds is 5. The van der Waals surface area contributed by atoms with E-state index in [9.17, 15) is 22.8 Å². The second-order valence-corrected chi connectivity index (χ2v) is 5.96. The molecule has 24 heavy (non-hydrogen) atoms. The van der Waals surface area contributed by atoms with Crippen LogP contribution in [0.15, 0.2) is 29.6 Å². The van der Waals surface area contributed by atoms with Crippen molar-refractivity contribution >= 4 is 23.2 Å². The number of benzene rings is 1. The minimum absolute atomic E-state index is 0.0212. The molecule has 128 valence electrons. The molecule has 0 spiro atoms. The van der Waals surface area contributed by atoms with Crippen molar-refractivity contribution in [3.05, 3.63) is 51.5 Å². The van der Waals surface area contributed by atoms with Crippen LogP contribution in [-0.2, 0) is 23.9 Å². The molecule has 2 aromatic rings. The highest BCUT2D eigenvalue weighted by Gasteiger charge is 2.33. The maximum atomic E-state index is 12.5. The number of alkyl halides is 3. The van der Waals surface area contributed by atoms with Gasteiger partial charge < -0.3 is 10.0 Å². The maximum absolute atomic E-state index is 12.5. The van der Waals surface area contributed by atoms with Gasteiger partial charge in [-0.15, -0.1) is 11.3 Å². The number of likely N-dealkylation sites (N-methyl/N-ethyl adjacent to an activating group) is 1. The molecule has 0 saturated heterocycles. The number of thiazole rings is 1. The minimum Gasteiger partial charge on any atom is -0.478 e. The highest BCUT2D eigenvalue weighted by Crippen LogP contribution is 2.30. The lowest BCUT2D eigenvalue weighted by atomic mass is 10.0. The van der Waals surface area contributed by atoms with Gasteiger partial charge in [0, 0.05) is 12.4 Å². The van der Waals surface area contributed by atoms with Crippen molar-refractivity contribution in [1.82, 2.24) is 9.88 Å². The van der Waals surface area contributed by atoms with Crippen LogP contribution < -0.4 is 0 Å². The lowest BCUT2D eigenvalue weighted by Crippen LogP contribution is -2.28. The Morgan fingerprint density at radius 2 is 1.96 bits per heavy atom. The highest BCUT2D eigenvalue weighted by atomic mass is 32.1. The van der Waals surface area contributed by atoms with Crippen molar-refractivity contribution in [3.63, 3.8) is 0 Å². The van der Waals surface area contributed by atoms with Crippen molar-refractivity contribution < 1.29 is 27.9 Å². The van der Waals surface area contributed by atoms with E-state index in [1.165, 1.54) is 24.1 Å². The smallest absolute Gasteiger partial charge is 0.434 e. The van der Waals surface area contributed by atoms with Gasteiger partial charge in [0.15, 0.2) is 5.69 Å². The molecule has 1 aromatic heterocycles. The van der Waals surface area contributed by atoms with Gasteiger partial charge in [0.25, 0.3) is 0 Å². The van der Waals surface area contributed by atoms with Crippen LogP contribution in [0.5, 0.6) is 0 Å². The molecule has 1 N–H and O–H groups in total. The summed E-state index contributed by atoms with van der Waals surface area (Å²) in [6, 6.07) is 6.09. The Labute approximate surface area is 139 Å². The molecular weight excluding hydrogens is 345 g/mol. The molecule has 1 heterocycles. The number of carboxylic acids is 1. The summed E-state index contributed by atoms with van der Waals surface area (Å²) in [5.74, 6) is -1.55. The Hall–Kier alpha value is -2.42. The molecule has 0 saturated carbocycles. The third kappa shape index (κ3) is 4.31. The van der Waals surface area contributed by atoms with E-state index in [1.807, 2.05) is 0 Å². The molecule has 0 atom stereocenters. The molecule has 1 amide bonds. The van der Waals surface area contributed by atoms with Gasteiger partial charge in [-0.05, 0) is 11.6 Å². The van der Waals surface area contributed by atoms with Crippen molar-refractivity contribution in [2.24, 2.45) is 0 Å². The second kappa shape index (κ2) is 7.00. The van der Waals surface area contributed by atoms with Crippen LogP contribution in [0.3, 0.4) is 0 Å². The molecular formula is C15H13F3N2O3S. The summed E-state index contributed by atoms with van der Waals surface area (Å²) >= 11 is 0.817. The Balaban J connectivity index is 2.05. The van der Waals surface area contributed by atoms with E-state index in [4.69, 9.17) is 5.11 Å². The van der Waals surface area contributed by atoms with Gasteiger partial charge in [0.1, 0.15) is 5.01 Å². The Morgan fingerprint density at radius 1 is 1.29 bits per heavy atom. The number of amides is 1. The van der Waals surface area contributed by atoms with E-state index in [2.05, 4.69) is 4.98 Å². The molecule has 0 unspecified atom stereocenters. The lowest BCUT2D eigenvalue weighted by molar-refractivity contribution is -0.140. The fourth-order valence-corrected chi connectivity index (χ4v) is 2.84. The summed E-state index contributed by atoms with van der Waals surface area (Å²) in [6.07, 6.45) is -4.67. The first kappa shape index (κ1) is 17.9. The van der Waals surface area contributed by atoms with Crippen LogP contribution in [0.4, 0.5) is 13.2 Å². The number of carbonyl (C=O) groups is 2. The first-order chi connectivity index (χ1) is 11.2. The molecule has 0 aliphatic rings. The third-order valence-corrected chi connectivity index (χ3v) is 4.06. The lowest BCUT2D eigenvalue weighted by Gasteiger charge is -2.16. The normalized spacial score (nSPS) is 11.3. The van der Waals surface area contributed by atoms with Gasteiger partial charge in [-0.3, -0.25) is 4.79 Å². The zero-order valence-corrected chi connectivity index (χ0v) is 13.3. The summed E-state index contributed by atoms with van der Waals surface area (Å²) < 4.78 is 37.5. The van der Waals surface area contributed by atoms with Crippen LogP contribution >= 0.6 is 11.3 Å². The van der Waals surface area contributed by atoms with Gasteiger partial charge in [-0.25, -0.2) is 9.78 Å². The van der Waals surface area contributed by atoms with Gasteiger partial charge >= 0.3 is 12.1 Å². The van der Waals surface area contributed by atoms with Crippen LogP contribution in [0.25, 0.3) is 0 Å². The molecule has 2 rings (SSSR count). The highest BCUT2D eigenvalue weighted by molar-refractivity contribution is 7.09. The largest absolute Gasteiger partial charge is 0.478 e. The van der Waals surface area contributed by atoms with Crippen LogP contribution in [0, 0.1) is 0 Å². The number of aromatic carboxylic acids is 1. The van der Waals surface area contributed by atoms with Crippen molar-refractivity contribution in [2.45, 2.75) is 19.1 Å². The number of hydrogen-bond acceptors (Lipinski definition) is 4. The van der Waals surface area contributed by atoms with E-state index < -0.39 is 23.7 Å². The van der Waals surface area contributed by atoms with Gasteiger partial charge in [-0.2, -0.15) is 13.2 Å². The third-order valence-electron chi connectivity index (χ3n) is 3.23. The van der Waals surface area contributed by atoms with Crippen LogP contribution in [0.1, 0.15) is 26.6 Å². The van der Waals surface area contributed by atoms with Crippen molar-refractivity contribution in [3.8, 4) is 0 Å². The topological polar surface area (TPSA) is 70.5 Å². The Kier molecular flexibility index (Phi) is 5.23. The van der Waals surface area contributed by atoms with Crippen molar-refractivity contribution in [1.29, 1.82) is 0 Å². The maximum Gasteiger partial charge on any atom is 0.434 e. The van der Waals surface area contributed by atoms with Gasteiger partial charge in [0.2, 0.25) is 5.91 Å². The molecule has 0 aliphatic heterocycles. The molecule has 0 bridgehead atoms. The summed E-state index contributed by atoms with van der Waals surface area (Å²) in [7, 11) is 1.43. The average Bonchev–Trinajstić information content (AvgIpc) is 2.96. The predicted molar refractivity (Wildman–Crippen MR) is 80.7 cm³/mol. The van der Waals surface area contributed by atoms with Crippen LogP contribution in [0.2, 0.25) is 0 Å². The number of carbonyl (C=O) groups excluding carboxylic acids is 1. The molecule has 9 heteroatoms. The molecule has 0 radical (unpaired) electrons. The summed E-state index contributed by atoms with van der Waals surface area (Å²) in [4.78, 5) is 28.0. The van der Waals surface area contributed by atoms with E-state index in [-0.39, 0.29) is 23.5 Å². The fraction of sp³-hybridized carbons (Fsp3) is 0.267. The molecule has 0 fully saturated rings. The van der Waals surface area contributed by atoms with Gasteiger partial charge in [-0.1, -0.05) is 18.2 Å². The number of nitrogens with zero attached hydrogens (tertiary/aromatic N) is 2. The average molecular weight is 358 g/mol. The SMILES string of the molecule is CN(Cc1nc(C(F)(F)F)cs1)C(=O)Cc1ccccc1C(=O)O. The Bertz CT molecular complexity index is 758. The van der Waals surface area contributed by atoms with E-state index in [0.717, 1.165) is 16.7 Å². The summed E-state index contributed by atoms with van der Waals surface area (Å²) in [5, 5.41) is 10.1.